The molecule has 4 heteroatoms. The lowest BCUT2D eigenvalue weighted by atomic mass is 10.1. The van der Waals surface area contributed by atoms with E-state index in [1.54, 1.807) is 0 Å². The monoisotopic (exact) mass is 304 g/mol. The zero-order valence-electron chi connectivity index (χ0n) is 14.2. The van der Waals surface area contributed by atoms with Gasteiger partial charge in [0.15, 0.2) is 8.32 Å². The summed E-state index contributed by atoms with van der Waals surface area (Å²) in [5, 5.41) is 0. The predicted octanol–water partition coefficient (Wildman–Crippen LogP) is 4.62. The van der Waals surface area contributed by atoms with Crippen molar-refractivity contribution >= 4 is 8.32 Å². The second-order valence-electron chi connectivity index (χ2n) is 6.31. The third-order valence-corrected chi connectivity index (χ3v) is 4.10. The van der Waals surface area contributed by atoms with Gasteiger partial charge in [-0.2, -0.15) is 0 Å². The van der Waals surface area contributed by atoms with Crippen molar-refractivity contribution in [2.24, 2.45) is 0 Å². The van der Waals surface area contributed by atoms with Crippen molar-refractivity contribution in [1.82, 2.24) is 0 Å². The van der Waals surface area contributed by atoms with Gasteiger partial charge in [-0.1, -0.05) is 45.4 Å². The molecule has 0 aromatic carbocycles. The molecule has 0 spiro atoms. The van der Waals surface area contributed by atoms with Crippen LogP contribution in [-0.4, -0.2) is 41.4 Å². The standard InChI is InChI=1S/C16H36O3Si/c1-5-6-7-8-9-10-11-12-17-13-14-18-15-16-19-20(2,3)4/h5-16H2,1-4H3. The van der Waals surface area contributed by atoms with E-state index in [-0.39, 0.29) is 0 Å². The molecule has 0 bridgehead atoms. The van der Waals surface area contributed by atoms with Crippen molar-refractivity contribution in [3.8, 4) is 0 Å². The van der Waals surface area contributed by atoms with Crippen LogP contribution in [-0.2, 0) is 13.9 Å². The van der Waals surface area contributed by atoms with Crippen LogP contribution in [0.15, 0.2) is 0 Å². The van der Waals surface area contributed by atoms with Crippen molar-refractivity contribution in [1.29, 1.82) is 0 Å². The van der Waals surface area contributed by atoms with Crippen LogP contribution in [0.25, 0.3) is 0 Å². The Balaban J connectivity index is 2.99. The predicted molar refractivity (Wildman–Crippen MR) is 88.9 cm³/mol. The molecule has 0 atom stereocenters. The molecule has 0 aliphatic heterocycles. The second-order valence-corrected chi connectivity index (χ2v) is 10.8. The first-order chi connectivity index (χ1) is 9.56. The maximum atomic E-state index is 5.70. The van der Waals surface area contributed by atoms with Crippen LogP contribution in [0.4, 0.5) is 0 Å². The molecule has 0 radical (unpaired) electrons. The van der Waals surface area contributed by atoms with Crippen LogP contribution < -0.4 is 0 Å². The smallest absolute Gasteiger partial charge is 0.183 e. The van der Waals surface area contributed by atoms with E-state index in [1.165, 1.54) is 44.9 Å². The summed E-state index contributed by atoms with van der Waals surface area (Å²) < 4.78 is 16.7. The minimum absolute atomic E-state index is 0.686. The van der Waals surface area contributed by atoms with Gasteiger partial charge >= 0.3 is 0 Å². The zero-order chi connectivity index (χ0) is 15.1. The van der Waals surface area contributed by atoms with Gasteiger partial charge in [0.2, 0.25) is 0 Å². The molecule has 0 aliphatic carbocycles. The quantitative estimate of drug-likeness (QED) is 0.326. The summed E-state index contributed by atoms with van der Waals surface area (Å²) >= 11 is 0. The fraction of sp³-hybridized carbons (Fsp3) is 1.00. The first-order valence-corrected chi connectivity index (χ1v) is 11.8. The van der Waals surface area contributed by atoms with Crippen molar-refractivity contribution < 1.29 is 13.9 Å². The molecule has 0 fully saturated rings. The average molecular weight is 305 g/mol. The highest BCUT2D eigenvalue weighted by atomic mass is 28.4. The molecule has 0 heterocycles. The minimum atomic E-state index is -1.37. The number of hydrogen-bond donors (Lipinski definition) is 0. The lowest BCUT2D eigenvalue weighted by Crippen LogP contribution is -2.27. The Hall–Kier alpha value is 0.0969. The summed E-state index contributed by atoms with van der Waals surface area (Å²) in [6, 6.07) is 0. The van der Waals surface area contributed by atoms with E-state index in [2.05, 4.69) is 26.6 Å². The lowest BCUT2D eigenvalue weighted by Gasteiger charge is -2.16. The molecule has 0 saturated heterocycles. The lowest BCUT2D eigenvalue weighted by molar-refractivity contribution is 0.0343. The van der Waals surface area contributed by atoms with Gasteiger partial charge in [0.1, 0.15) is 0 Å². The normalized spacial score (nSPS) is 12.0. The number of ether oxygens (including phenoxy) is 2. The molecule has 122 valence electrons. The summed E-state index contributed by atoms with van der Waals surface area (Å²) in [4.78, 5) is 0. The summed E-state index contributed by atoms with van der Waals surface area (Å²) in [7, 11) is -1.37. The Labute approximate surface area is 127 Å². The third kappa shape index (κ3) is 18.1. The van der Waals surface area contributed by atoms with E-state index >= 15 is 0 Å². The number of hydrogen-bond acceptors (Lipinski definition) is 3. The van der Waals surface area contributed by atoms with E-state index in [0.29, 0.717) is 26.4 Å². The average Bonchev–Trinajstić information content (AvgIpc) is 2.38. The van der Waals surface area contributed by atoms with Gasteiger partial charge in [-0.3, -0.25) is 0 Å². The molecule has 0 aliphatic rings. The van der Waals surface area contributed by atoms with Crippen LogP contribution >= 0.6 is 0 Å². The molecule has 0 saturated carbocycles. The van der Waals surface area contributed by atoms with Crippen LogP contribution in [0.3, 0.4) is 0 Å². The van der Waals surface area contributed by atoms with Gasteiger partial charge in [0, 0.05) is 6.61 Å². The highest BCUT2D eigenvalue weighted by molar-refractivity contribution is 6.69. The van der Waals surface area contributed by atoms with Gasteiger partial charge in [-0.05, 0) is 26.1 Å². The Morgan fingerprint density at radius 3 is 1.70 bits per heavy atom. The largest absolute Gasteiger partial charge is 0.415 e. The molecule has 0 N–H and O–H groups in total. The van der Waals surface area contributed by atoms with Gasteiger partial charge in [-0.15, -0.1) is 0 Å². The van der Waals surface area contributed by atoms with Crippen molar-refractivity contribution in [3.05, 3.63) is 0 Å². The SMILES string of the molecule is CCCCCCCCCOCCOCCO[Si](C)(C)C. The van der Waals surface area contributed by atoms with Gasteiger partial charge in [0.05, 0.1) is 26.4 Å². The van der Waals surface area contributed by atoms with Crippen molar-refractivity contribution in [2.75, 3.05) is 33.0 Å². The molecular weight excluding hydrogens is 268 g/mol. The zero-order valence-corrected chi connectivity index (χ0v) is 15.2. The highest BCUT2D eigenvalue weighted by Gasteiger charge is 2.12. The molecule has 0 unspecified atom stereocenters. The first-order valence-electron chi connectivity index (χ1n) is 8.35. The van der Waals surface area contributed by atoms with E-state index in [1.807, 2.05) is 0 Å². The van der Waals surface area contributed by atoms with Crippen molar-refractivity contribution in [2.45, 2.75) is 71.5 Å². The number of rotatable bonds is 15. The van der Waals surface area contributed by atoms with E-state index in [4.69, 9.17) is 13.9 Å². The van der Waals surface area contributed by atoms with Gasteiger partial charge in [0.25, 0.3) is 0 Å². The van der Waals surface area contributed by atoms with E-state index in [0.717, 1.165) is 6.61 Å². The molecule has 0 aromatic heterocycles. The maximum absolute atomic E-state index is 5.70. The van der Waals surface area contributed by atoms with Crippen LogP contribution in [0.5, 0.6) is 0 Å². The number of unbranched alkanes of at least 4 members (excludes halogenated alkanes) is 6. The molecule has 0 rings (SSSR count). The Bertz CT molecular complexity index is 193. The second kappa shape index (κ2) is 14.1. The van der Waals surface area contributed by atoms with Gasteiger partial charge in [-0.25, -0.2) is 0 Å². The summed E-state index contributed by atoms with van der Waals surface area (Å²) in [5.41, 5.74) is 0. The van der Waals surface area contributed by atoms with Crippen LogP contribution in [0, 0.1) is 0 Å². The Morgan fingerprint density at radius 2 is 1.10 bits per heavy atom. The third-order valence-electron chi connectivity index (χ3n) is 3.03. The molecule has 3 nitrogen and oxygen atoms in total. The molecular formula is C16H36O3Si. The Morgan fingerprint density at radius 1 is 0.600 bits per heavy atom. The molecule has 0 aromatic rings. The fourth-order valence-corrected chi connectivity index (χ4v) is 2.59. The summed E-state index contributed by atoms with van der Waals surface area (Å²) in [6.07, 6.45) is 9.33. The minimum Gasteiger partial charge on any atom is -0.415 e. The maximum Gasteiger partial charge on any atom is 0.183 e. The topological polar surface area (TPSA) is 27.7 Å². The Kier molecular flexibility index (Phi) is 14.1. The van der Waals surface area contributed by atoms with Crippen molar-refractivity contribution in [3.63, 3.8) is 0 Å². The molecule has 20 heavy (non-hydrogen) atoms. The van der Waals surface area contributed by atoms with Gasteiger partial charge < -0.3 is 13.9 Å². The highest BCUT2D eigenvalue weighted by Crippen LogP contribution is 2.06. The van der Waals surface area contributed by atoms with E-state index in [9.17, 15) is 0 Å². The summed E-state index contributed by atoms with van der Waals surface area (Å²) in [5.74, 6) is 0. The summed E-state index contributed by atoms with van der Waals surface area (Å²) in [6.45, 7) is 12.5. The van der Waals surface area contributed by atoms with Crippen LogP contribution in [0.1, 0.15) is 51.9 Å². The van der Waals surface area contributed by atoms with E-state index < -0.39 is 8.32 Å². The first kappa shape index (κ1) is 20.1. The molecule has 0 amide bonds. The van der Waals surface area contributed by atoms with Crippen LogP contribution in [0.2, 0.25) is 19.6 Å². The fourth-order valence-electron chi connectivity index (χ4n) is 1.89.